The molecule has 0 spiro atoms. The first kappa shape index (κ1) is 15.9. The van der Waals surface area contributed by atoms with E-state index in [-0.39, 0.29) is 17.5 Å². The molecule has 3 aromatic rings. The van der Waals surface area contributed by atoms with E-state index in [1.54, 1.807) is 12.5 Å². The smallest absolute Gasteiger partial charge is 0.271 e. The summed E-state index contributed by atoms with van der Waals surface area (Å²) in [5, 5.41) is 0.843. The maximum atomic E-state index is 13.1. The monoisotopic (exact) mass is 368 g/mol. The molecule has 0 aromatic carbocycles. The highest BCUT2D eigenvalue weighted by Gasteiger charge is 2.26. The Balaban J connectivity index is 1.71. The van der Waals surface area contributed by atoms with Crippen molar-refractivity contribution in [3.8, 4) is 0 Å². The third-order valence-electron chi connectivity index (χ3n) is 5.62. The van der Waals surface area contributed by atoms with Crippen molar-refractivity contribution in [3.05, 3.63) is 28.9 Å². The minimum atomic E-state index is 0.0311. The molecule has 2 fully saturated rings. The van der Waals surface area contributed by atoms with Crippen LogP contribution in [0.5, 0.6) is 0 Å². The average Bonchev–Trinajstić information content (AvgIpc) is 3.26. The second kappa shape index (κ2) is 6.16. The zero-order chi connectivity index (χ0) is 17.7. The van der Waals surface area contributed by atoms with Gasteiger partial charge in [0.2, 0.25) is 5.91 Å². The van der Waals surface area contributed by atoms with E-state index in [0.29, 0.717) is 23.2 Å². The van der Waals surface area contributed by atoms with Gasteiger partial charge in [-0.2, -0.15) is 0 Å². The molecule has 1 aliphatic carbocycles. The lowest BCUT2D eigenvalue weighted by molar-refractivity contribution is -0.117. The van der Waals surface area contributed by atoms with Gasteiger partial charge < -0.3 is 4.90 Å². The molecule has 0 atom stereocenters. The van der Waals surface area contributed by atoms with Crippen LogP contribution in [0.1, 0.15) is 51.0 Å². The second-order valence-electron chi connectivity index (χ2n) is 7.19. The number of thiophene rings is 1. The molecule has 1 amide bonds. The number of nitrogens with zero attached hydrogens (tertiary/aromatic N) is 4. The Morgan fingerprint density at radius 3 is 2.69 bits per heavy atom. The summed E-state index contributed by atoms with van der Waals surface area (Å²) in [5.41, 5.74) is 1.56. The summed E-state index contributed by atoms with van der Waals surface area (Å²) in [6, 6.07) is 2.12. The predicted octanol–water partition coefficient (Wildman–Crippen LogP) is 3.64. The molecule has 4 heterocycles. The van der Waals surface area contributed by atoms with Gasteiger partial charge in [0.25, 0.3) is 5.56 Å². The highest BCUT2D eigenvalue weighted by molar-refractivity contribution is 7.25. The number of carbonyl (C=O) groups is 1. The Morgan fingerprint density at radius 1 is 1.08 bits per heavy atom. The molecule has 2 aliphatic rings. The summed E-state index contributed by atoms with van der Waals surface area (Å²) in [7, 11) is 0. The molecule has 0 bridgehead atoms. The Morgan fingerprint density at radius 2 is 1.92 bits per heavy atom. The fourth-order valence-corrected chi connectivity index (χ4v) is 5.35. The first-order valence-electron chi connectivity index (χ1n) is 9.33. The summed E-state index contributed by atoms with van der Waals surface area (Å²) >= 11 is 1.40. The van der Waals surface area contributed by atoms with Gasteiger partial charge in [-0.1, -0.05) is 19.3 Å². The molecule has 7 heteroatoms. The van der Waals surface area contributed by atoms with Crippen LogP contribution in [0.25, 0.3) is 20.4 Å². The van der Waals surface area contributed by atoms with Gasteiger partial charge in [-0.05, 0) is 25.3 Å². The van der Waals surface area contributed by atoms with Crippen LogP contribution in [0.4, 0.5) is 5.69 Å². The molecule has 1 saturated heterocycles. The van der Waals surface area contributed by atoms with E-state index in [1.807, 2.05) is 15.5 Å². The average molecular weight is 368 g/mol. The van der Waals surface area contributed by atoms with Crippen LogP contribution in [0.15, 0.2) is 23.4 Å². The third-order valence-corrected chi connectivity index (χ3v) is 6.69. The largest absolute Gasteiger partial charge is 0.312 e. The molecule has 134 valence electrons. The van der Waals surface area contributed by atoms with Gasteiger partial charge in [0.15, 0.2) is 0 Å². The molecule has 0 N–H and O–H groups in total. The minimum absolute atomic E-state index is 0.0311. The number of hydrogen-bond donors (Lipinski definition) is 0. The molecule has 1 aliphatic heterocycles. The minimum Gasteiger partial charge on any atom is -0.312 e. The second-order valence-corrected chi connectivity index (χ2v) is 8.19. The van der Waals surface area contributed by atoms with Gasteiger partial charge in [0, 0.05) is 25.2 Å². The van der Waals surface area contributed by atoms with Crippen LogP contribution < -0.4 is 10.5 Å². The van der Waals surface area contributed by atoms with Crippen molar-refractivity contribution in [2.75, 3.05) is 11.4 Å². The first-order chi connectivity index (χ1) is 12.7. The molecule has 1 saturated carbocycles. The highest BCUT2D eigenvalue weighted by Crippen LogP contribution is 2.37. The van der Waals surface area contributed by atoms with Crippen molar-refractivity contribution in [3.63, 3.8) is 0 Å². The summed E-state index contributed by atoms with van der Waals surface area (Å²) in [6.07, 6.45) is 10.6. The topological polar surface area (TPSA) is 68.1 Å². The van der Waals surface area contributed by atoms with Crippen LogP contribution in [0.2, 0.25) is 0 Å². The van der Waals surface area contributed by atoms with Crippen LogP contribution in [-0.4, -0.2) is 27.0 Å². The zero-order valence-corrected chi connectivity index (χ0v) is 15.3. The van der Waals surface area contributed by atoms with Crippen LogP contribution in [0.3, 0.4) is 0 Å². The Bertz CT molecular complexity index is 1060. The van der Waals surface area contributed by atoms with E-state index < -0.39 is 0 Å². The van der Waals surface area contributed by atoms with Gasteiger partial charge in [0.1, 0.15) is 9.53 Å². The Labute approximate surface area is 154 Å². The number of rotatable bonds is 2. The van der Waals surface area contributed by atoms with Crippen molar-refractivity contribution in [1.29, 1.82) is 0 Å². The fraction of sp³-hybridized carbons (Fsp3) is 0.474. The van der Waals surface area contributed by atoms with Gasteiger partial charge in [-0.15, -0.1) is 11.3 Å². The number of anilines is 1. The van der Waals surface area contributed by atoms with E-state index in [1.165, 1.54) is 30.6 Å². The zero-order valence-electron chi connectivity index (χ0n) is 14.5. The van der Waals surface area contributed by atoms with E-state index in [0.717, 1.165) is 35.2 Å². The lowest BCUT2D eigenvalue weighted by Gasteiger charge is -2.23. The normalized spacial score (nSPS) is 19.1. The van der Waals surface area contributed by atoms with E-state index in [9.17, 15) is 9.59 Å². The number of carbonyl (C=O) groups excluding carboxylic acids is 1. The van der Waals surface area contributed by atoms with Crippen LogP contribution in [0, 0.1) is 0 Å². The Hall–Kier alpha value is -2.28. The summed E-state index contributed by atoms with van der Waals surface area (Å²) < 4.78 is 2.47. The first-order valence-corrected chi connectivity index (χ1v) is 10.1. The lowest BCUT2D eigenvalue weighted by atomic mass is 9.95. The van der Waals surface area contributed by atoms with Crippen LogP contribution in [-0.2, 0) is 4.79 Å². The number of pyridine rings is 1. The summed E-state index contributed by atoms with van der Waals surface area (Å²) in [4.78, 5) is 37.0. The predicted molar refractivity (Wildman–Crippen MR) is 103 cm³/mol. The van der Waals surface area contributed by atoms with Gasteiger partial charge in [0.05, 0.1) is 22.9 Å². The van der Waals surface area contributed by atoms with Gasteiger partial charge >= 0.3 is 0 Å². The van der Waals surface area contributed by atoms with E-state index in [2.05, 4.69) is 9.97 Å². The molecule has 5 rings (SSSR count). The molecule has 0 radical (unpaired) electrons. The standard InChI is InChI=1S/C19H20N4O2S/c24-14-7-4-10-22(14)13-8-9-20-18-15(13)16-17(26-18)19(25)23(11-21-16)12-5-2-1-3-6-12/h8-9,11-12H,1-7,10H2. The van der Waals surface area contributed by atoms with Crippen molar-refractivity contribution in [1.82, 2.24) is 14.5 Å². The van der Waals surface area contributed by atoms with Crippen LogP contribution >= 0.6 is 11.3 Å². The molecular weight excluding hydrogens is 348 g/mol. The van der Waals surface area contributed by atoms with E-state index in [4.69, 9.17) is 0 Å². The summed E-state index contributed by atoms with van der Waals surface area (Å²) in [5.74, 6) is 0.132. The quantitative estimate of drug-likeness (QED) is 0.692. The number of aromatic nitrogens is 3. The molecule has 3 aromatic heterocycles. The fourth-order valence-electron chi connectivity index (χ4n) is 4.30. The van der Waals surface area contributed by atoms with Crippen molar-refractivity contribution in [2.24, 2.45) is 0 Å². The summed E-state index contributed by atoms with van der Waals surface area (Å²) in [6.45, 7) is 0.717. The Kier molecular flexibility index (Phi) is 3.77. The van der Waals surface area contributed by atoms with Gasteiger partial charge in [-0.25, -0.2) is 9.97 Å². The molecular formula is C19H20N4O2S. The SMILES string of the molecule is O=C1CCCN1c1ccnc2sc3c(=O)n(C4CCCCC4)cnc3c12. The maximum absolute atomic E-state index is 13.1. The number of fused-ring (bicyclic) bond motifs is 3. The van der Waals surface area contributed by atoms with Crippen molar-refractivity contribution < 1.29 is 4.79 Å². The maximum Gasteiger partial charge on any atom is 0.271 e. The van der Waals surface area contributed by atoms with Crippen molar-refractivity contribution in [2.45, 2.75) is 51.0 Å². The third kappa shape index (κ3) is 2.37. The van der Waals surface area contributed by atoms with Crippen molar-refractivity contribution >= 4 is 43.4 Å². The number of hydrogen-bond acceptors (Lipinski definition) is 5. The molecule has 0 unspecified atom stereocenters. The lowest BCUT2D eigenvalue weighted by Crippen LogP contribution is -2.26. The molecule has 26 heavy (non-hydrogen) atoms. The van der Waals surface area contributed by atoms with E-state index >= 15 is 0 Å². The number of amides is 1. The molecule has 6 nitrogen and oxygen atoms in total. The van der Waals surface area contributed by atoms with Gasteiger partial charge in [-0.3, -0.25) is 14.2 Å². The highest BCUT2D eigenvalue weighted by atomic mass is 32.1.